The van der Waals surface area contributed by atoms with Crippen LogP contribution in [0.5, 0.6) is 11.5 Å². The summed E-state index contributed by atoms with van der Waals surface area (Å²) < 4.78 is 11.5. The molecule has 170 valence electrons. The topological polar surface area (TPSA) is 64.2 Å². The van der Waals surface area contributed by atoms with Crippen molar-refractivity contribution in [2.45, 2.75) is 31.1 Å². The summed E-state index contributed by atoms with van der Waals surface area (Å²) in [5, 5.41) is 0.772. The van der Waals surface area contributed by atoms with Crippen LogP contribution in [0.25, 0.3) is 21.6 Å². The van der Waals surface area contributed by atoms with Crippen LogP contribution in [0.1, 0.15) is 23.8 Å². The van der Waals surface area contributed by atoms with E-state index in [1.54, 1.807) is 30.2 Å². The van der Waals surface area contributed by atoms with Gasteiger partial charge in [-0.3, -0.25) is 4.79 Å². The van der Waals surface area contributed by atoms with Crippen LogP contribution in [-0.2, 0) is 12.8 Å². The van der Waals surface area contributed by atoms with Crippen molar-refractivity contribution in [3.8, 4) is 22.9 Å². The Balaban J connectivity index is 1.35. The van der Waals surface area contributed by atoms with E-state index in [0.29, 0.717) is 29.8 Å². The first kappa shape index (κ1) is 22.0. The van der Waals surface area contributed by atoms with Gasteiger partial charge in [-0.05, 0) is 61.1 Å². The summed E-state index contributed by atoms with van der Waals surface area (Å²) in [5.41, 5.74) is 1.94. The number of aromatic amines is 1. The molecule has 1 aliphatic carbocycles. The van der Waals surface area contributed by atoms with Crippen molar-refractivity contribution in [1.29, 1.82) is 0 Å². The van der Waals surface area contributed by atoms with Crippen molar-refractivity contribution >= 4 is 33.3 Å². The average molecular weight is 479 g/mol. The van der Waals surface area contributed by atoms with Gasteiger partial charge in [0.25, 0.3) is 5.56 Å². The standard InChI is InChI=1S/C26H26N2O3S2/c1-16-8-10-19-22(14-16)33-26-23(19)25(29)27-24(28-26)17-9-11-20(21(15-17)30-2)31-12-13-32-18-6-4-3-5-7-18/h3-7,9,11,15-16H,8,10,12-14H2,1-2H3,(H,27,28,29)/t16-/m1/s1. The molecule has 0 spiro atoms. The highest BCUT2D eigenvalue weighted by Crippen LogP contribution is 2.37. The lowest BCUT2D eigenvalue weighted by Crippen LogP contribution is -2.13. The third kappa shape index (κ3) is 4.66. The summed E-state index contributed by atoms with van der Waals surface area (Å²) in [6, 6.07) is 15.9. The maximum absolute atomic E-state index is 13.0. The minimum absolute atomic E-state index is 0.0562. The van der Waals surface area contributed by atoms with Gasteiger partial charge < -0.3 is 14.5 Å². The molecule has 5 nitrogen and oxygen atoms in total. The lowest BCUT2D eigenvalue weighted by atomic mass is 9.89. The number of H-pyrrole nitrogens is 1. The molecular weight excluding hydrogens is 452 g/mol. The average Bonchev–Trinajstić information content (AvgIpc) is 3.20. The molecule has 2 aromatic heterocycles. The number of ether oxygens (including phenoxy) is 2. The zero-order valence-electron chi connectivity index (χ0n) is 18.7. The SMILES string of the molecule is COc1cc(-c2nc3sc4c(c3c(=O)[nH]2)CC[C@@H](C)C4)ccc1OCCSc1ccccc1. The van der Waals surface area contributed by atoms with Crippen molar-refractivity contribution < 1.29 is 9.47 Å². The number of methoxy groups -OCH3 is 1. The van der Waals surface area contributed by atoms with Crippen molar-refractivity contribution in [1.82, 2.24) is 9.97 Å². The fourth-order valence-corrected chi connectivity index (χ4v) is 6.38. The minimum Gasteiger partial charge on any atom is -0.493 e. The van der Waals surface area contributed by atoms with E-state index in [0.717, 1.165) is 40.8 Å². The number of hydrogen-bond acceptors (Lipinski definition) is 6. The van der Waals surface area contributed by atoms with Crippen LogP contribution >= 0.6 is 23.1 Å². The Kier molecular flexibility index (Phi) is 6.42. The van der Waals surface area contributed by atoms with Gasteiger partial charge in [0, 0.05) is 21.1 Å². The van der Waals surface area contributed by atoms with E-state index in [1.165, 1.54) is 15.3 Å². The van der Waals surface area contributed by atoms with E-state index in [-0.39, 0.29) is 5.56 Å². The van der Waals surface area contributed by atoms with Crippen molar-refractivity contribution in [2.75, 3.05) is 19.5 Å². The van der Waals surface area contributed by atoms with E-state index in [9.17, 15) is 4.79 Å². The van der Waals surface area contributed by atoms with Crippen LogP contribution in [0.4, 0.5) is 0 Å². The van der Waals surface area contributed by atoms with Crippen molar-refractivity contribution in [2.24, 2.45) is 5.92 Å². The Hall–Kier alpha value is -2.77. The summed E-state index contributed by atoms with van der Waals surface area (Å²) in [5.74, 6) is 3.36. The smallest absolute Gasteiger partial charge is 0.260 e. The first-order valence-electron chi connectivity index (χ1n) is 11.2. The molecule has 5 rings (SSSR count). The van der Waals surface area contributed by atoms with Gasteiger partial charge in [-0.15, -0.1) is 23.1 Å². The predicted molar refractivity (Wildman–Crippen MR) is 136 cm³/mol. The molecule has 2 heterocycles. The molecule has 0 bridgehead atoms. The zero-order chi connectivity index (χ0) is 22.8. The lowest BCUT2D eigenvalue weighted by molar-refractivity contribution is 0.313. The van der Waals surface area contributed by atoms with E-state index in [1.807, 2.05) is 36.4 Å². The number of rotatable bonds is 7. The van der Waals surface area contributed by atoms with Gasteiger partial charge in [-0.2, -0.15) is 0 Å². The Morgan fingerprint density at radius 2 is 2.03 bits per heavy atom. The van der Waals surface area contributed by atoms with Gasteiger partial charge in [0.2, 0.25) is 0 Å². The zero-order valence-corrected chi connectivity index (χ0v) is 20.4. The molecule has 4 aromatic rings. The fraction of sp³-hybridized carbons (Fsp3) is 0.308. The van der Waals surface area contributed by atoms with E-state index in [2.05, 4.69) is 24.0 Å². The number of hydrogen-bond donors (Lipinski definition) is 1. The lowest BCUT2D eigenvalue weighted by Gasteiger charge is -2.17. The first-order valence-corrected chi connectivity index (χ1v) is 13.0. The third-order valence-corrected chi connectivity index (χ3v) is 8.08. The molecule has 0 radical (unpaired) electrons. The normalized spacial score (nSPS) is 15.4. The molecule has 0 saturated heterocycles. The second-order valence-corrected chi connectivity index (χ2v) is 10.6. The maximum atomic E-state index is 13.0. The molecule has 2 aromatic carbocycles. The van der Waals surface area contributed by atoms with Crippen LogP contribution in [-0.4, -0.2) is 29.4 Å². The van der Waals surface area contributed by atoms with Gasteiger partial charge in [0.1, 0.15) is 10.7 Å². The van der Waals surface area contributed by atoms with Crippen LogP contribution in [0, 0.1) is 5.92 Å². The van der Waals surface area contributed by atoms with Gasteiger partial charge in [0.15, 0.2) is 11.5 Å². The van der Waals surface area contributed by atoms with E-state index >= 15 is 0 Å². The largest absolute Gasteiger partial charge is 0.493 e. The fourth-order valence-electron chi connectivity index (χ4n) is 4.25. The highest BCUT2D eigenvalue weighted by atomic mass is 32.2. The monoisotopic (exact) mass is 478 g/mol. The summed E-state index contributed by atoms with van der Waals surface area (Å²) in [6.07, 6.45) is 3.12. The van der Waals surface area contributed by atoms with Gasteiger partial charge in [0.05, 0.1) is 19.1 Å². The highest BCUT2D eigenvalue weighted by Gasteiger charge is 2.23. The quantitative estimate of drug-likeness (QED) is 0.262. The molecule has 0 fully saturated rings. The second-order valence-electron chi connectivity index (χ2n) is 8.32. The number of thioether (sulfide) groups is 1. The predicted octanol–water partition coefficient (Wildman–Crippen LogP) is 5.96. The summed E-state index contributed by atoms with van der Waals surface area (Å²) in [7, 11) is 1.62. The van der Waals surface area contributed by atoms with E-state index < -0.39 is 0 Å². The molecule has 33 heavy (non-hydrogen) atoms. The highest BCUT2D eigenvalue weighted by molar-refractivity contribution is 7.99. The molecule has 1 N–H and O–H groups in total. The summed E-state index contributed by atoms with van der Waals surface area (Å²) in [6.45, 7) is 2.84. The van der Waals surface area contributed by atoms with Crippen LogP contribution in [0.3, 0.4) is 0 Å². The molecular formula is C26H26N2O3S2. The first-order chi connectivity index (χ1) is 16.1. The van der Waals surface area contributed by atoms with Crippen LogP contribution < -0.4 is 15.0 Å². The number of fused-ring (bicyclic) bond motifs is 3. The second kappa shape index (κ2) is 9.61. The summed E-state index contributed by atoms with van der Waals surface area (Å²) >= 11 is 3.41. The van der Waals surface area contributed by atoms with Gasteiger partial charge >= 0.3 is 0 Å². The number of benzene rings is 2. The molecule has 1 atom stereocenters. The van der Waals surface area contributed by atoms with Crippen LogP contribution in [0.2, 0.25) is 0 Å². The molecule has 0 amide bonds. The van der Waals surface area contributed by atoms with Crippen molar-refractivity contribution in [3.05, 3.63) is 69.3 Å². The maximum Gasteiger partial charge on any atom is 0.260 e. The number of aromatic nitrogens is 2. The van der Waals surface area contributed by atoms with Crippen molar-refractivity contribution in [3.63, 3.8) is 0 Å². The molecule has 0 saturated carbocycles. The third-order valence-electron chi connectivity index (χ3n) is 5.96. The number of aryl methyl sites for hydroxylation is 1. The molecule has 0 aliphatic heterocycles. The molecule has 7 heteroatoms. The molecule has 1 aliphatic rings. The summed E-state index contributed by atoms with van der Waals surface area (Å²) in [4.78, 5) is 24.1. The van der Waals surface area contributed by atoms with Crippen LogP contribution in [0.15, 0.2) is 58.2 Å². The Bertz CT molecular complexity index is 1330. The van der Waals surface area contributed by atoms with Gasteiger partial charge in [-0.1, -0.05) is 25.1 Å². The van der Waals surface area contributed by atoms with E-state index in [4.69, 9.17) is 14.5 Å². The van der Waals surface area contributed by atoms with Gasteiger partial charge in [-0.25, -0.2) is 4.98 Å². The Morgan fingerprint density at radius 3 is 2.85 bits per heavy atom. The minimum atomic E-state index is -0.0562. The number of nitrogens with one attached hydrogen (secondary N) is 1. The number of thiophene rings is 1. The number of nitrogens with zero attached hydrogens (tertiary/aromatic N) is 1. The Morgan fingerprint density at radius 1 is 1.18 bits per heavy atom. The molecule has 0 unspecified atom stereocenters. The Labute approximate surface area is 201 Å².